The number of rotatable bonds is 6. The lowest BCUT2D eigenvalue weighted by Gasteiger charge is -2.25. The quantitative estimate of drug-likeness (QED) is 0.518. The molecule has 15 heavy (non-hydrogen) atoms. The van der Waals surface area contributed by atoms with Gasteiger partial charge < -0.3 is 10.1 Å². The Balaban J connectivity index is 2.44. The molecule has 1 N–H and O–H groups in total. The number of hydrogen-bond acceptors (Lipinski definition) is 4. The Morgan fingerprint density at radius 1 is 1.53 bits per heavy atom. The lowest BCUT2D eigenvalue weighted by Crippen LogP contribution is -2.32. The van der Waals surface area contributed by atoms with Crippen molar-refractivity contribution in [3.63, 3.8) is 0 Å². The summed E-state index contributed by atoms with van der Waals surface area (Å²) in [7, 11) is 0. The molecule has 1 rings (SSSR count). The van der Waals surface area contributed by atoms with Crippen LogP contribution in [0.2, 0.25) is 0 Å². The van der Waals surface area contributed by atoms with Gasteiger partial charge >= 0.3 is 0 Å². The first-order chi connectivity index (χ1) is 7.27. The van der Waals surface area contributed by atoms with E-state index in [-0.39, 0.29) is 5.78 Å². The smallest absolute Gasteiger partial charge is 0.293 e. The molecule has 0 radical (unpaired) electrons. The lowest BCUT2D eigenvalue weighted by molar-refractivity contribution is -0.142. The molecule has 0 aromatic rings. The van der Waals surface area contributed by atoms with E-state index in [1.165, 1.54) is 6.08 Å². The minimum Gasteiger partial charge on any atom is -0.456 e. The van der Waals surface area contributed by atoms with E-state index in [1.54, 1.807) is 0 Å². The highest BCUT2D eigenvalue weighted by Crippen LogP contribution is 2.19. The Morgan fingerprint density at radius 2 is 2.20 bits per heavy atom. The Bertz CT molecular complexity index is 234. The second-order valence-corrected chi connectivity index (χ2v) is 3.76. The van der Waals surface area contributed by atoms with Gasteiger partial charge in [-0.2, -0.15) is 0 Å². The predicted molar refractivity (Wildman–Crippen MR) is 56.4 cm³/mol. The van der Waals surface area contributed by atoms with E-state index in [1.807, 2.05) is 0 Å². The molecule has 1 unspecified atom stereocenters. The third kappa shape index (κ3) is 3.83. The molecule has 1 saturated heterocycles. The second-order valence-electron chi connectivity index (χ2n) is 3.76. The fourth-order valence-corrected chi connectivity index (χ4v) is 1.86. The van der Waals surface area contributed by atoms with Crippen LogP contribution in [0.5, 0.6) is 0 Å². The lowest BCUT2D eigenvalue weighted by atomic mass is 9.91. The molecule has 1 aliphatic heterocycles. The minimum absolute atomic E-state index is 0.208. The maximum Gasteiger partial charge on any atom is 0.293 e. The Kier molecular flexibility index (Phi) is 5.04. The van der Waals surface area contributed by atoms with Gasteiger partial charge in [0, 0.05) is 0 Å². The summed E-state index contributed by atoms with van der Waals surface area (Å²) < 4.78 is 4.78. The van der Waals surface area contributed by atoms with Crippen molar-refractivity contribution < 1.29 is 14.3 Å². The highest BCUT2D eigenvalue weighted by molar-refractivity contribution is 5.93. The minimum atomic E-state index is -0.636. The molecule has 4 nitrogen and oxygen atoms in total. The van der Waals surface area contributed by atoms with Crippen LogP contribution >= 0.6 is 0 Å². The molecule has 0 aromatic carbocycles. The molecule has 1 heterocycles. The first-order valence-corrected chi connectivity index (χ1v) is 5.24. The first-order valence-electron chi connectivity index (χ1n) is 5.24. The van der Waals surface area contributed by atoms with Crippen LogP contribution in [0.25, 0.3) is 0 Å². The first kappa shape index (κ1) is 11.9. The van der Waals surface area contributed by atoms with Crippen molar-refractivity contribution in [3.05, 3.63) is 12.7 Å². The molecule has 1 fully saturated rings. The van der Waals surface area contributed by atoms with Crippen molar-refractivity contribution in [2.24, 2.45) is 5.92 Å². The van der Waals surface area contributed by atoms with Crippen LogP contribution in [0.3, 0.4) is 0 Å². The third-order valence-electron chi connectivity index (χ3n) is 2.74. The fourth-order valence-electron chi connectivity index (χ4n) is 1.86. The molecule has 1 atom stereocenters. The van der Waals surface area contributed by atoms with Crippen LogP contribution in [0, 0.1) is 5.92 Å². The number of carbonyl (C=O) groups is 2. The molecule has 0 amide bonds. The maximum atomic E-state index is 11.4. The van der Waals surface area contributed by atoms with Crippen molar-refractivity contribution in [1.82, 2.24) is 5.32 Å². The molecule has 0 aromatic heterocycles. The topological polar surface area (TPSA) is 55.4 Å². The Morgan fingerprint density at radius 3 is 2.73 bits per heavy atom. The van der Waals surface area contributed by atoms with Gasteiger partial charge in [-0.05, 0) is 44.3 Å². The summed E-state index contributed by atoms with van der Waals surface area (Å²) in [5.41, 5.74) is 0. The number of carbonyl (C=O) groups excluding carboxylic acids is 2. The van der Waals surface area contributed by atoms with E-state index in [9.17, 15) is 9.59 Å². The number of nitrogens with one attached hydrogen (secondary N) is 1. The molecule has 0 saturated carbocycles. The van der Waals surface area contributed by atoms with Gasteiger partial charge in [0.15, 0.2) is 11.9 Å². The van der Waals surface area contributed by atoms with E-state index in [4.69, 9.17) is 4.74 Å². The van der Waals surface area contributed by atoms with Crippen LogP contribution in [0.4, 0.5) is 0 Å². The Labute approximate surface area is 89.7 Å². The zero-order valence-electron chi connectivity index (χ0n) is 8.78. The van der Waals surface area contributed by atoms with E-state index >= 15 is 0 Å². The van der Waals surface area contributed by atoms with E-state index in [2.05, 4.69) is 11.9 Å². The summed E-state index contributed by atoms with van der Waals surface area (Å²) in [4.78, 5) is 21.6. The normalized spacial score (nSPS) is 19.2. The van der Waals surface area contributed by atoms with Crippen molar-refractivity contribution in [2.45, 2.75) is 25.4 Å². The van der Waals surface area contributed by atoms with Gasteiger partial charge in [0.05, 0.1) is 0 Å². The SMILES string of the molecule is C=CC(=O)C(CC1CCNCC1)OC=O. The fraction of sp³-hybridized carbons (Fsp3) is 0.636. The third-order valence-corrected chi connectivity index (χ3v) is 2.74. The molecule has 1 aliphatic rings. The number of piperidine rings is 1. The highest BCUT2D eigenvalue weighted by Gasteiger charge is 2.23. The second kappa shape index (κ2) is 6.35. The molecule has 0 aliphatic carbocycles. The zero-order chi connectivity index (χ0) is 11.1. The van der Waals surface area contributed by atoms with E-state index in [0.29, 0.717) is 18.8 Å². The van der Waals surface area contributed by atoms with Crippen molar-refractivity contribution in [3.8, 4) is 0 Å². The van der Waals surface area contributed by atoms with Crippen LogP contribution in [-0.4, -0.2) is 31.4 Å². The summed E-state index contributed by atoms with van der Waals surface area (Å²) in [5, 5.41) is 3.25. The van der Waals surface area contributed by atoms with Crippen LogP contribution in [0.1, 0.15) is 19.3 Å². The highest BCUT2D eigenvalue weighted by atomic mass is 16.5. The summed E-state index contributed by atoms with van der Waals surface area (Å²) >= 11 is 0. The van der Waals surface area contributed by atoms with Crippen LogP contribution < -0.4 is 5.32 Å². The van der Waals surface area contributed by atoms with Crippen LogP contribution in [0.15, 0.2) is 12.7 Å². The standard InChI is InChI=1S/C11H17NO3/c1-2-10(14)11(15-8-13)7-9-3-5-12-6-4-9/h2,8-9,11-12H,1,3-7H2. The number of ketones is 1. The van der Waals surface area contributed by atoms with Gasteiger partial charge in [-0.3, -0.25) is 9.59 Å². The van der Waals surface area contributed by atoms with Crippen molar-refractivity contribution in [1.29, 1.82) is 0 Å². The number of hydrogen-bond donors (Lipinski definition) is 1. The van der Waals surface area contributed by atoms with Gasteiger partial charge in [-0.1, -0.05) is 6.58 Å². The zero-order valence-corrected chi connectivity index (χ0v) is 8.78. The molecule has 84 valence electrons. The van der Waals surface area contributed by atoms with Crippen molar-refractivity contribution >= 4 is 12.3 Å². The van der Waals surface area contributed by atoms with E-state index < -0.39 is 6.10 Å². The average molecular weight is 211 g/mol. The van der Waals surface area contributed by atoms with E-state index in [0.717, 1.165) is 25.9 Å². The maximum absolute atomic E-state index is 11.4. The van der Waals surface area contributed by atoms with Gasteiger partial charge in [0.1, 0.15) is 0 Å². The molecule has 0 bridgehead atoms. The summed E-state index contributed by atoms with van der Waals surface area (Å²) in [5.74, 6) is 0.251. The number of ether oxygens (including phenoxy) is 1. The van der Waals surface area contributed by atoms with Gasteiger partial charge in [0.25, 0.3) is 6.47 Å². The molecule has 4 heteroatoms. The average Bonchev–Trinajstić information content (AvgIpc) is 2.29. The largest absolute Gasteiger partial charge is 0.456 e. The Hall–Kier alpha value is -1.16. The molecular formula is C11H17NO3. The van der Waals surface area contributed by atoms with Gasteiger partial charge in [0.2, 0.25) is 0 Å². The van der Waals surface area contributed by atoms with Gasteiger partial charge in [-0.15, -0.1) is 0 Å². The molecular weight excluding hydrogens is 194 g/mol. The van der Waals surface area contributed by atoms with Gasteiger partial charge in [-0.25, -0.2) is 0 Å². The molecule has 0 spiro atoms. The summed E-state index contributed by atoms with van der Waals surface area (Å²) in [6, 6.07) is 0. The monoisotopic (exact) mass is 211 g/mol. The summed E-state index contributed by atoms with van der Waals surface area (Å²) in [6.45, 7) is 5.69. The summed E-state index contributed by atoms with van der Waals surface area (Å²) in [6.07, 6.45) is 3.26. The van der Waals surface area contributed by atoms with Crippen molar-refractivity contribution in [2.75, 3.05) is 13.1 Å². The van der Waals surface area contributed by atoms with Crippen LogP contribution in [-0.2, 0) is 14.3 Å². The predicted octanol–water partition coefficient (Wildman–Crippen LogP) is 0.673.